The van der Waals surface area contributed by atoms with Gasteiger partial charge in [0.1, 0.15) is 6.10 Å². The van der Waals surface area contributed by atoms with Crippen molar-refractivity contribution >= 4 is 11.9 Å². The van der Waals surface area contributed by atoms with Gasteiger partial charge in [0.25, 0.3) is 0 Å². The maximum Gasteiger partial charge on any atom is 0.339 e. The van der Waals surface area contributed by atoms with Crippen LogP contribution in [0.3, 0.4) is 0 Å². The Bertz CT molecular complexity index is 623. The molecule has 31 heavy (non-hydrogen) atoms. The third-order valence-corrected chi connectivity index (χ3v) is 5.97. The second kappa shape index (κ2) is 16.8. The first-order valence-electron chi connectivity index (χ1n) is 12.5. The van der Waals surface area contributed by atoms with Gasteiger partial charge in [-0.2, -0.15) is 0 Å². The minimum absolute atomic E-state index is 0.00374. The van der Waals surface area contributed by atoms with Crippen molar-refractivity contribution in [3.8, 4) is 0 Å². The number of carbonyl (C=O) groups excluding carboxylic acids is 1. The van der Waals surface area contributed by atoms with Crippen LogP contribution in [0.15, 0.2) is 24.3 Å². The second-order valence-electron chi connectivity index (χ2n) is 9.07. The van der Waals surface area contributed by atoms with Crippen LogP contribution in [-0.4, -0.2) is 23.1 Å². The first-order chi connectivity index (χ1) is 15.0. The Morgan fingerprint density at radius 1 is 0.774 bits per heavy atom. The molecule has 0 aliphatic carbocycles. The molecule has 0 aromatic heterocycles. The van der Waals surface area contributed by atoms with Crippen molar-refractivity contribution in [2.45, 2.75) is 117 Å². The van der Waals surface area contributed by atoms with E-state index < -0.39 is 11.9 Å². The quantitative estimate of drug-likeness (QED) is 0.188. The molecule has 0 aliphatic rings. The van der Waals surface area contributed by atoms with Crippen molar-refractivity contribution in [3.05, 3.63) is 35.4 Å². The summed E-state index contributed by atoms with van der Waals surface area (Å²) >= 11 is 0. The predicted molar refractivity (Wildman–Crippen MR) is 128 cm³/mol. The van der Waals surface area contributed by atoms with Gasteiger partial charge in [-0.25, -0.2) is 9.59 Å². The highest BCUT2D eigenvalue weighted by atomic mass is 16.5. The normalized spacial score (nSPS) is 12.1. The lowest BCUT2D eigenvalue weighted by Crippen LogP contribution is -2.24. The van der Waals surface area contributed by atoms with Gasteiger partial charge in [0.15, 0.2) is 0 Å². The van der Waals surface area contributed by atoms with E-state index in [0.717, 1.165) is 19.3 Å². The fraction of sp³-hybridized carbons (Fsp3) is 0.704. The van der Waals surface area contributed by atoms with Gasteiger partial charge in [-0.1, -0.05) is 110 Å². The summed E-state index contributed by atoms with van der Waals surface area (Å²) in [6.45, 7) is 6.35. The Labute approximate surface area is 189 Å². The molecule has 1 atom stereocenters. The number of esters is 1. The van der Waals surface area contributed by atoms with Crippen LogP contribution in [0.5, 0.6) is 0 Å². The van der Waals surface area contributed by atoms with E-state index in [1.807, 2.05) is 13.8 Å². The van der Waals surface area contributed by atoms with Crippen LogP contribution in [-0.2, 0) is 4.74 Å². The third-order valence-electron chi connectivity index (χ3n) is 5.97. The van der Waals surface area contributed by atoms with E-state index in [1.54, 1.807) is 12.1 Å². The summed E-state index contributed by atoms with van der Waals surface area (Å²) in [7, 11) is 0. The number of ether oxygens (including phenoxy) is 1. The number of hydrogen-bond acceptors (Lipinski definition) is 3. The molecule has 0 aliphatic heterocycles. The van der Waals surface area contributed by atoms with Gasteiger partial charge in [-0.05, 0) is 30.9 Å². The minimum Gasteiger partial charge on any atom is -0.478 e. The summed E-state index contributed by atoms with van der Waals surface area (Å²) in [5.41, 5.74) is 0.127. The number of hydrogen-bond donors (Lipinski definition) is 1. The molecule has 1 aromatic carbocycles. The summed E-state index contributed by atoms with van der Waals surface area (Å²) in [6.07, 6.45) is 17.7. The maximum absolute atomic E-state index is 12.5. The highest BCUT2D eigenvalue weighted by Crippen LogP contribution is 2.20. The zero-order valence-electron chi connectivity index (χ0n) is 20.0. The summed E-state index contributed by atoms with van der Waals surface area (Å²) in [5, 5.41) is 9.29. The van der Waals surface area contributed by atoms with Crippen LogP contribution in [0, 0.1) is 5.92 Å². The van der Waals surface area contributed by atoms with Crippen LogP contribution < -0.4 is 0 Å². The van der Waals surface area contributed by atoms with Crippen LogP contribution in [0.1, 0.15) is 131 Å². The van der Waals surface area contributed by atoms with Crippen molar-refractivity contribution in [1.29, 1.82) is 0 Å². The SMILES string of the molecule is CCCCCCCCCCCCCCCC(OC(=O)c1ccccc1C(=O)O)C(C)C. The Kier molecular flexibility index (Phi) is 14.7. The number of carbonyl (C=O) groups is 2. The van der Waals surface area contributed by atoms with Gasteiger partial charge in [0.05, 0.1) is 11.1 Å². The molecule has 0 saturated heterocycles. The molecule has 1 N–H and O–H groups in total. The Morgan fingerprint density at radius 2 is 1.23 bits per heavy atom. The van der Waals surface area contributed by atoms with E-state index in [2.05, 4.69) is 6.92 Å². The van der Waals surface area contributed by atoms with E-state index in [1.165, 1.54) is 82.8 Å². The molecular formula is C27H44O4. The lowest BCUT2D eigenvalue weighted by molar-refractivity contribution is 0.0147. The molecule has 1 aromatic rings. The van der Waals surface area contributed by atoms with Gasteiger partial charge < -0.3 is 9.84 Å². The van der Waals surface area contributed by atoms with Crippen LogP contribution in [0.25, 0.3) is 0 Å². The topological polar surface area (TPSA) is 63.6 Å². The number of benzene rings is 1. The van der Waals surface area contributed by atoms with Crippen molar-refractivity contribution < 1.29 is 19.4 Å². The lowest BCUT2D eigenvalue weighted by atomic mass is 9.99. The summed E-state index contributed by atoms with van der Waals surface area (Å²) < 4.78 is 5.69. The van der Waals surface area contributed by atoms with Crippen LogP contribution in [0.2, 0.25) is 0 Å². The molecule has 4 nitrogen and oxygen atoms in total. The molecule has 0 bridgehead atoms. The van der Waals surface area contributed by atoms with E-state index in [-0.39, 0.29) is 23.1 Å². The second-order valence-corrected chi connectivity index (χ2v) is 9.07. The van der Waals surface area contributed by atoms with Crippen molar-refractivity contribution in [1.82, 2.24) is 0 Å². The standard InChI is InChI=1S/C27H44O4/c1-4-5-6-7-8-9-10-11-12-13-14-15-16-21-25(22(2)3)31-27(30)24-20-18-17-19-23(24)26(28)29/h17-20,22,25H,4-16,21H2,1-3H3,(H,28,29). The van der Waals surface area contributed by atoms with Gasteiger partial charge in [0.2, 0.25) is 0 Å². The molecule has 0 saturated carbocycles. The average molecular weight is 433 g/mol. The first-order valence-corrected chi connectivity index (χ1v) is 12.5. The van der Waals surface area contributed by atoms with E-state index in [4.69, 9.17) is 4.74 Å². The van der Waals surface area contributed by atoms with Gasteiger partial charge in [-0.15, -0.1) is 0 Å². The average Bonchev–Trinajstić information content (AvgIpc) is 2.75. The number of unbranched alkanes of at least 4 members (excludes halogenated alkanes) is 12. The largest absolute Gasteiger partial charge is 0.478 e. The number of rotatable bonds is 18. The highest BCUT2D eigenvalue weighted by molar-refractivity contribution is 6.02. The zero-order valence-corrected chi connectivity index (χ0v) is 20.0. The Morgan fingerprint density at radius 3 is 1.68 bits per heavy atom. The van der Waals surface area contributed by atoms with Crippen LogP contribution >= 0.6 is 0 Å². The van der Waals surface area contributed by atoms with E-state index >= 15 is 0 Å². The molecule has 0 fully saturated rings. The summed E-state index contributed by atoms with van der Waals surface area (Å²) in [4.78, 5) is 23.9. The minimum atomic E-state index is -1.11. The smallest absolute Gasteiger partial charge is 0.339 e. The molecule has 0 radical (unpaired) electrons. The fourth-order valence-corrected chi connectivity index (χ4v) is 3.94. The number of carboxylic acids is 1. The Balaban J connectivity index is 2.20. The van der Waals surface area contributed by atoms with Gasteiger partial charge in [-0.3, -0.25) is 0 Å². The van der Waals surface area contributed by atoms with Gasteiger partial charge in [0, 0.05) is 0 Å². The van der Waals surface area contributed by atoms with Gasteiger partial charge >= 0.3 is 11.9 Å². The number of carboxylic acid groups (broad SMARTS) is 1. The zero-order chi connectivity index (χ0) is 22.9. The molecular weight excluding hydrogens is 388 g/mol. The maximum atomic E-state index is 12.5. The molecule has 0 spiro atoms. The molecule has 1 unspecified atom stereocenters. The molecule has 0 amide bonds. The number of aromatic carboxylic acids is 1. The summed E-state index contributed by atoms with van der Waals surface area (Å²) in [6, 6.07) is 6.25. The lowest BCUT2D eigenvalue weighted by Gasteiger charge is -2.22. The molecule has 176 valence electrons. The molecule has 4 heteroatoms. The fourth-order valence-electron chi connectivity index (χ4n) is 3.94. The predicted octanol–water partition coefficient (Wildman–Crippen LogP) is 8.05. The van der Waals surface area contributed by atoms with Crippen LogP contribution in [0.4, 0.5) is 0 Å². The van der Waals surface area contributed by atoms with Crippen molar-refractivity contribution in [3.63, 3.8) is 0 Å². The third kappa shape index (κ3) is 11.9. The molecule has 1 rings (SSSR count). The Hall–Kier alpha value is -1.84. The van der Waals surface area contributed by atoms with Crippen molar-refractivity contribution in [2.24, 2.45) is 5.92 Å². The van der Waals surface area contributed by atoms with E-state index in [0.29, 0.717) is 0 Å². The summed E-state index contributed by atoms with van der Waals surface area (Å²) in [5.74, 6) is -1.44. The first kappa shape index (κ1) is 27.2. The van der Waals surface area contributed by atoms with E-state index in [9.17, 15) is 14.7 Å². The molecule has 0 heterocycles. The van der Waals surface area contributed by atoms with Crippen molar-refractivity contribution in [2.75, 3.05) is 0 Å². The monoisotopic (exact) mass is 432 g/mol. The highest BCUT2D eigenvalue weighted by Gasteiger charge is 2.22.